The fourth-order valence-corrected chi connectivity index (χ4v) is 1.89. The fourth-order valence-electron chi connectivity index (χ4n) is 1.89. The third-order valence-electron chi connectivity index (χ3n) is 2.67. The molecular formula is C13H17ClN2O2. The summed E-state index contributed by atoms with van der Waals surface area (Å²) in [4.78, 5) is 11.8. The van der Waals surface area contributed by atoms with Crippen molar-refractivity contribution in [2.24, 2.45) is 5.73 Å². The number of aryl methyl sites for hydroxylation is 1. The van der Waals surface area contributed by atoms with Crippen molar-refractivity contribution in [1.82, 2.24) is 4.57 Å². The van der Waals surface area contributed by atoms with Gasteiger partial charge in [-0.05, 0) is 19.1 Å². The summed E-state index contributed by atoms with van der Waals surface area (Å²) in [6.45, 7) is 3.73. The van der Waals surface area contributed by atoms with Crippen LogP contribution in [0, 0.1) is 0 Å². The Balaban J connectivity index is 0.00000162. The summed E-state index contributed by atoms with van der Waals surface area (Å²) in [5.74, 6) is 0.715. The number of hydrogen-bond acceptors (Lipinski definition) is 3. The lowest BCUT2D eigenvalue weighted by atomic mass is 10.2. The van der Waals surface area contributed by atoms with Gasteiger partial charge in [-0.25, -0.2) is 0 Å². The average Bonchev–Trinajstić information content (AvgIpc) is 2.37. The second-order valence-electron chi connectivity index (χ2n) is 3.76. The van der Waals surface area contributed by atoms with Crippen LogP contribution < -0.4 is 15.9 Å². The predicted molar refractivity (Wildman–Crippen MR) is 75.7 cm³/mol. The lowest BCUT2D eigenvalue weighted by molar-refractivity contribution is 0.330. The Morgan fingerprint density at radius 3 is 2.78 bits per heavy atom. The molecule has 0 aliphatic heterocycles. The van der Waals surface area contributed by atoms with Gasteiger partial charge in [0.1, 0.15) is 12.4 Å². The highest BCUT2D eigenvalue weighted by atomic mass is 35.5. The van der Waals surface area contributed by atoms with Crippen molar-refractivity contribution < 1.29 is 4.74 Å². The molecule has 1 aromatic carbocycles. The number of aromatic nitrogens is 1. The molecule has 18 heavy (non-hydrogen) atoms. The van der Waals surface area contributed by atoms with E-state index >= 15 is 0 Å². The molecule has 0 unspecified atom stereocenters. The summed E-state index contributed by atoms with van der Waals surface area (Å²) < 4.78 is 7.58. The highest BCUT2D eigenvalue weighted by molar-refractivity contribution is 5.85. The van der Waals surface area contributed by atoms with Crippen LogP contribution in [-0.4, -0.2) is 17.7 Å². The first kappa shape index (κ1) is 14.5. The molecule has 5 heteroatoms. The van der Waals surface area contributed by atoms with Crippen LogP contribution in [0.15, 0.2) is 35.3 Å². The van der Waals surface area contributed by atoms with Gasteiger partial charge in [0.2, 0.25) is 0 Å². The first-order valence-electron chi connectivity index (χ1n) is 5.73. The number of ether oxygens (including phenoxy) is 1. The Bertz CT molecular complexity index is 581. The Morgan fingerprint density at radius 1 is 1.33 bits per heavy atom. The molecule has 4 nitrogen and oxygen atoms in total. The molecule has 0 aliphatic rings. The number of rotatable bonds is 4. The van der Waals surface area contributed by atoms with Crippen molar-refractivity contribution in [2.75, 3.05) is 13.2 Å². The molecule has 1 heterocycles. The van der Waals surface area contributed by atoms with Crippen molar-refractivity contribution in [1.29, 1.82) is 0 Å². The van der Waals surface area contributed by atoms with Crippen LogP contribution in [-0.2, 0) is 6.54 Å². The smallest absolute Gasteiger partial charge is 0.189 e. The molecule has 0 amide bonds. The summed E-state index contributed by atoms with van der Waals surface area (Å²) in [5.41, 5.74) is 6.29. The fraction of sp³-hybridized carbons (Fsp3) is 0.308. The number of benzene rings is 1. The number of nitrogens with zero attached hydrogens (tertiary/aromatic N) is 1. The highest BCUT2D eigenvalue weighted by Gasteiger charge is 2.07. The molecule has 1 aromatic heterocycles. The summed E-state index contributed by atoms with van der Waals surface area (Å²) >= 11 is 0. The number of halogens is 1. The zero-order valence-electron chi connectivity index (χ0n) is 10.3. The average molecular weight is 269 g/mol. The van der Waals surface area contributed by atoms with Crippen molar-refractivity contribution in [3.8, 4) is 5.75 Å². The normalized spacial score (nSPS) is 10.1. The topological polar surface area (TPSA) is 57.2 Å². The zero-order chi connectivity index (χ0) is 12.3. The van der Waals surface area contributed by atoms with E-state index < -0.39 is 0 Å². The molecule has 98 valence electrons. The monoisotopic (exact) mass is 268 g/mol. The zero-order valence-corrected chi connectivity index (χ0v) is 11.1. The van der Waals surface area contributed by atoms with Crippen molar-refractivity contribution >= 4 is 23.3 Å². The Morgan fingerprint density at radius 2 is 2.11 bits per heavy atom. The number of fused-ring (bicyclic) bond motifs is 1. The minimum absolute atomic E-state index is 0. The quantitative estimate of drug-likeness (QED) is 0.920. The molecule has 0 aliphatic carbocycles. The van der Waals surface area contributed by atoms with Crippen molar-refractivity contribution in [3.05, 3.63) is 40.7 Å². The Hall–Kier alpha value is -1.52. The third-order valence-corrected chi connectivity index (χ3v) is 2.67. The van der Waals surface area contributed by atoms with Gasteiger partial charge < -0.3 is 15.0 Å². The van der Waals surface area contributed by atoms with Crippen molar-refractivity contribution in [3.63, 3.8) is 0 Å². The molecule has 0 atom stereocenters. The van der Waals surface area contributed by atoms with Gasteiger partial charge in [0.05, 0.1) is 5.52 Å². The molecule has 2 rings (SSSR count). The van der Waals surface area contributed by atoms with Gasteiger partial charge in [0.25, 0.3) is 0 Å². The molecule has 0 spiro atoms. The second kappa shape index (κ2) is 6.42. The van der Waals surface area contributed by atoms with E-state index in [1.54, 1.807) is 12.3 Å². The van der Waals surface area contributed by atoms with Gasteiger partial charge in [-0.1, -0.05) is 6.07 Å². The standard InChI is InChI=1S/C13H16N2O2.ClH/c1-2-15-8-6-11(16)10-4-3-5-12(13(10)15)17-9-7-14;/h3-6,8H,2,7,9,14H2,1H3;1H. The van der Waals surface area contributed by atoms with Crippen LogP contribution in [0.3, 0.4) is 0 Å². The maximum absolute atomic E-state index is 11.8. The van der Waals surface area contributed by atoms with Gasteiger partial charge in [0.15, 0.2) is 5.43 Å². The van der Waals surface area contributed by atoms with E-state index in [4.69, 9.17) is 10.5 Å². The van der Waals surface area contributed by atoms with Crippen LogP contribution in [0.25, 0.3) is 10.9 Å². The van der Waals surface area contributed by atoms with E-state index in [1.165, 1.54) is 0 Å². The molecule has 2 N–H and O–H groups in total. The van der Waals surface area contributed by atoms with E-state index in [9.17, 15) is 4.79 Å². The molecule has 0 bridgehead atoms. The lowest BCUT2D eigenvalue weighted by Crippen LogP contribution is -2.13. The number of para-hydroxylation sites is 1. The van der Waals surface area contributed by atoms with Crippen LogP contribution in [0.1, 0.15) is 6.92 Å². The van der Waals surface area contributed by atoms with E-state index in [0.29, 0.717) is 24.3 Å². The molecular weight excluding hydrogens is 252 g/mol. The van der Waals surface area contributed by atoms with Gasteiger partial charge in [-0.2, -0.15) is 0 Å². The molecule has 0 radical (unpaired) electrons. The third kappa shape index (κ3) is 2.66. The van der Waals surface area contributed by atoms with E-state index in [0.717, 1.165) is 12.1 Å². The van der Waals surface area contributed by atoms with Gasteiger partial charge in [-0.3, -0.25) is 4.79 Å². The summed E-state index contributed by atoms with van der Waals surface area (Å²) in [6.07, 6.45) is 1.79. The maximum atomic E-state index is 11.8. The predicted octanol–water partition coefficient (Wildman–Crippen LogP) is 1.78. The first-order chi connectivity index (χ1) is 8.27. The number of hydrogen-bond donors (Lipinski definition) is 1. The highest BCUT2D eigenvalue weighted by Crippen LogP contribution is 2.23. The van der Waals surface area contributed by atoms with Gasteiger partial charge in [-0.15, -0.1) is 12.4 Å². The molecule has 0 fully saturated rings. The van der Waals surface area contributed by atoms with Gasteiger partial charge in [0, 0.05) is 30.7 Å². The molecule has 0 saturated heterocycles. The lowest BCUT2D eigenvalue weighted by Gasteiger charge is -2.13. The van der Waals surface area contributed by atoms with Crippen LogP contribution in [0.5, 0.6) is 5.75 Å². The van der Waals surface area contributed by atoms with Crippen LogP contribution in [0.2, 0.25) is 0 Å². The maximum Gasteiger partial charge on any atom is 0.189 e. The Kier molecular flexibility index (Phi) is 5.19. The Labute approximate surface area is 112 Å². The van der Waals surface area contributed by atoms with Gasteiger partial charge >= 0.3 is 0 Å². The summed E-state index contributed by atoms with van der Waals surface area (Å²) in [5, 5.41) is 0.684. The van der Waals surface area contributed by atoms with Crippen LogP contribution >= 0.6 is 12.4 Å². The van der Waals surface area contributed by atoms with Crippen LogP contribution in [0.4, 0.5) is 0 Å². The summed E-state index contributed by atoms with van der Waals surface area (Å²) in [7, 11) is 0. The SMILES string of the molecule is CCn1ccc(=O)c2cccc(OCCN)c21.Cl. The number of pyridine rings is 1. The van der Waals surface area contributed by atoms with E-state index in [2.05, 4.69) is 0 Å². The minimum Gasteiger partial charge on any atom is -0.490 e. The molecule has 2 aromatic rings. The largest absolute Gasteiger partial charge is 0.490 e. The molecule has 0 saturated carbocycles. The van der Waals surface area contributed by atoms with Crippen molar-refractivity contribution in [2.45, 2.75) is 13.5 Å². The number of nitrogens with two attached hydrogens (primary N) is 1. The minimum atomic E-state index is 0. The van der Waals surface area contributed by atoms with E-state index in [-0.39, 0.29) is 17.8 Å². The first-order valence-corrected chi connectivity index (χ1v) is 5.73. The summed E-state index contributed by atoms with van der Waals surface area (Å²) in [6, 6.07) is 7.09. The second-order valence-corrected chi connectivity index (χ2v) is 3.76. The van der Waals surface area contributed by atoms with E-state index in [1.807, 2.05) is 29.7 Å².